The van der Waals surface area contributed by atoms with Gasteiger partial charge in [0.25, 0.3) is 0 Å². The Labute approximate surface area is 90.0 Å². The maximum Gasteiger partial charge on any atom is 0.303 e. The number of rotatable bonds is 7. The smallest absolute Gasteiger partial charge is 0.303 e. The molecular formula is C10H20N2O3. The van der Waals surface area contributed by atoms with Crippen molar-refractivity contribution < 1.29 is 14.7 Å². The molecule has 0 spiro atoms. The Morgan fingerprint density at radius 2 is 2.07 bits per heavy atom. The topological polar surface area (TPSA) is 92.4 Å². The summed E-state index contributed by atoms with van der Waals surface area (Å²) in [6.07, 6.45) is 1.36. The Bertz CT molecular complexity index is 219. The predicted octanol–water partition coefficient (Wildman–Crippen LogP) is 0.341. The minimum Gasteiger partial charge on any atom is -0.481 e. The SMILES string of the molecule is CC[C@H](C)[C@H](N)C(=O)NCCCC(=O)O. The van der Waals surface area contributed by atoms with Gasteiger partial charge in [-0.1, -0.05) is 20.3 Å². The second-order valence-electron chi connectivity index (χ2n) is 3.70. The largest absolute Gasteiger partial charge is 0.481 e. The van der Waals surface area contributed by atoms with Crippen LogP contribution in [0.5, 0.6) is 0 Å². The van der Waals surface area contributed by atoms with Crippen LogP contribution in [0.3, 0.4) is 0 Å². The van der Waals surface area contributed by atoms with Gasteiger partial charge in [0.1, 0.15) is 0 Å². The van der Waals surface area contributed by atoms with Gasteiger partial charge in [0.2, 0.25) is 5.91 Å². The Morgan fingerprint density at radius 1 is 1.47 bits per heavy atom. The van der Waals surface area contributed by atoms with Gasteiger partial charge in [0, 0.05) is 13.0 Å². The van der Waals surface area contributed by atoms with E-state index in [1.807, 2.05) is 13.8 Å². The highest BCUT2D eigenvalue weighted by molar-refractivity contribution is 5.81. The van der Waals surface area contributed by atoms with Gasteiger partial charge in [0.15, 0.2) is 0 Å². The molecule has 0 rings (SSSR count). The number of carbonyl (C=O) groups excluding carboxylic acids is 1. The predicted molar refractivity (Wildman–Crippen MR) is 57.3 cm³/mol. The first-order chi connectivity index (χ1) is 6.99. The highest BCUT2D eigenvalue weighted by Gasteiger charge is 2.18. The summed E-state index contributed by atoms with van der Waals surface area (Å²) in [5.74, 6) is -0.908. The van der Waals surface area contributed by atoms with Gasteiger partial charge in [-0.05, 0) is 12.3 Å². The fourth-order valence-electron chi connectivity index (χ4n) is 1.08. The summed E-state index contributed by atoms with van der Waals surface area (Å²) in [5, 5.41) is 11.0. The van der Waals surface area contributed by atoms with Crippen molar-refractivity contribution in [2.45, 2.75) is 39.2 Å². The standard InChI is InChI=1S/C10H20N2O3/c1-3-7(2)9(11)10(15)12-6-4-5-8(13)14/h7,9H,3-6,11H2,1-2H3,(H,12,15)(H,13,14)/t7-,9-/m0/s1. The molecule has 0 fully saturated rings. The second-order valence-corrected chi connectivity index (χ2v) is 3.70. The number of carboxylic acids is 1. The molecule has 0 aromatic carbocycles. The van der Waals surface area contributed by atoms with Crippen LogP contribution in [0.1, 0.15) is 33.1 Å². The fourth-order valence-corrected chi connectivity index (χ4v) is 1.08. The first-order valence-corrected chi connectivity index (χ1v) is 5.24. The average Bonchev–Trinajstić information content (AvgIpc) is 2.21. The summed E-state index contributed by atoms with van der Waals surface area (Å²) in [6, 6.07) is -0.500. The first kappa shape index (κ1) is 13.9. The maximum atomic E-state index is 11.4. The van der Waals surface area contributed by atoms with E-state index in [0.717, 1.165) is 6.42 Å². The number of aliphatic carboxylic acids is 1. The van der Waals surface area contributed by atoms with Crippen LogP contribution in [0.4, 0.5) is 0 Å². The molecule has 2 atom stereocenters. The van der Waals surface area contributed by atoms with E-state index < -0.39 is 12.0 Å². The molecule has 5 heteroatoms. The number of hydrogen-bond donors (Lipinski definition) is 3. The molecule has 0 aliphatic heterocycles. The number of carboxylic acid groups (broad SMARTS) is 1. The van der Waals surface area contributed by atoms with Gasteiger partial charge in [0.05, 0.1) is 6.04 Å². The minimum atomic E-state index is -0.851. The lowest BCUT2D eigenvalue weighted by Gasteiger charge is -2.17. The van der Waals surface area contributed by atoms with Crippen molar-refractivity contribution in [3.63, 3.8) is 0 Å². The molecule has 88 valence electrons. The molecule has 0 aliphatic carbocycles. The van der Waals surface area contributed by atoms with E-state index in [-0.39, 0.29) is 18.2 Å². The zero-order chi connectivity index (χ0) is 11.8. The number of carbonyl (C=O) groups is 2. The van der Waals surface area contributed by atoms with Gasteiger partial charge in [-0.3, -0.25) is 9.59 Å². The highest BCUT2D eigenvalue weighted by atomic mass is 16.4. The van der Waals surface area contributed by atoms with Crippen LogP contribution in [0.25, 0.3) is 0 Å². The summed E-state index contributed by atoms with van der Waals surface area (Å²) >= 11 is 0. The molecule has 5 nitrogen and oxygen atoms in total. The molecular weight excluding hydrogens is 196 g/mol. The first-order valence-electron chi connectivity index (χ1n) is 5.24. The zero-order valence-corrected chi connectivity index (χ0v) is 9.32. The average molecular weight is 216 g/mol. The van der Waals surface area contributed by atoms with Crippen LogP contribution < -0.4 is 11.1 Å². The van der Waals surface area contributed by atoms with Crippen molar-refractivity contribution in [1.82, 2.24) is 5.32 Å². The Balaban J connectivity index is 3.69. The molecule has 0 saturated heterocycles. The van der Waals surface area contributed by atoms with Gasteiger partial charge < -0.3 is 16.2 Å². The monoisotopic (exact) mass is 216 g/mol. The van der Waals surface area contributed by atoms with Crippen molar-refractivity contribution in [3.05, 3.63) is 0 Å². The van der Waals surface area contributed by atoms with Crippen LogP contribution >= 0.6 is 0 Å². The highest BCUT2D eigenvalue weighted by Crippen LogP contribution is 2.04. The fraction of sp³-hybridized carbons (Fsp3) is 0.800. The third kappa shape index (κ3) is 6.06. The van der Waals surface area contributed by atoms with E-state index in [4.69, 9.17) is 10.8 Å². The van der Waals surface area contributed by atoms with Crippen molar-refractivity contribution in [1.29, 1.82) is 0 Å². The quantitative estimate of drug-likeness (QED) is 0.535. The van der Waals surface area contributed by atoms with Crippen molar-refractivity contribution in [3.8, 4) is 0 Å². The van der Waals surface area contributed by atoms with E-state index in [0.29, 0.717) is 13.0 Å². The Morgan fingerprint density at radius 3 is 2.53 bits per heavy atom. The van der Waals surface area contributed by atoms with E-state index in [1.54, 1.807) is 0 Å². The maximum absolute atomic E-state index is 11.4. The molecule has 0 heterocycles. The third-order valence-electron chi connectivity index (χ3n) is 2.43. The molecule has 0 saturated carbocycles. The van der Waals surface area contributed by atoms with Crippen LogP contribution in [-0.4, -0.2) is 29.6 Å². The van der Waals surface area contributed by atoms with Crippen molar-refractivity contribution >= 4 is 11.9 Å². The van der Waals surface area contributed by atoms with Crippen LogP contribution in [-0.2, 0) is 9.59 Å². The molecule has 0 aliphatic rings. The van der Waals surface area contributed by atoms with Crippen LogP contribution in [0.15, 0.2) is 0 Å². The van der Waals surface area contributed by atoms with Crippen molar-refractivity contribution in [2.75, 3.05) is 6.54 Å². The lowest BCUT2D eigenvalue weighted by Crippen LogP contribution is -2.44. The number of amides is 1. The van der Waals surface area contributed by atoms with Gasteiger partial charge in [-0.15, -0.1) is 0 Å². The lowest BCUT2D eigenvalue weighted by atomic mass is 9.99. The summed E-state index contributed by atoms with van der Waals surface area (Å²) in [4.78, 5) is 21.6. The van der Waals surface area contributed by atoms with E-state index in [2.05, 4.69) is 5.32 Å². The summed E-state index contributed by atoms with van der Waals surface area (Å²) in [5.41, 5.74) is 5.68. The molecule has 0 unspecified atom stereocenters. The summed E-state index contributed by atoms with van der Waals surface area (Å²) in [7, 11) is 0. The molecule has 0 aromatic heterocycles. The Hall–Kier alpha value is -1.10. The van der Waals surface area contributed by atoms with E-state index >= 15 is 0 Å². The third-order valence-corrected chi connectivity index (χ3v) is 2.43. The minimum absolute atomic E-state index is 0.0683. The second kappa shape index (κ2) is 7.23. The van der Waals surface area contributed by atoms with Crippen LogP contribution in [0.2, 0.25) is 0 Å². The number of nitrogens with one attached hydrogen (secondary N) is 1. The number of hydrogen-bond acceptors (Lipinski definition) is 3. The van der Waals surface area contributed by atoms with Gasteiger partial charge in [-0.25, -0.2) is 0 Å². The zero-order valence-electron chi connectivity index (χ0n) is 9.32. The van der Waals surface area contributed by atoms with E-state index in [1.165, 1.54) is 0 Å². The number of nitrogens with two attached hydrogens (primary N) is 1. The Kier molecular flexibility index (Phi) is 6.70. The summed E-state index contributed by atoms with van der Waals surface area (Å²) in [6.45, 7) is 4.26. The molecule has 0 bridgehead atoms. The van der Waals surface area contributed by atoms with Crippen LogP contribution in [0, 0.1) is 5.92 Å². The molecule has 4 N–H and O–H groups in total. The molecule has 1 amide bonds. The van der Waals surface area contributed by atoms with Gasteiger partial charge >= 0.3 is 5.97 Å². The van der Waals surface area contributed by atoms with E-state index in [9.17, 15) is 9.59 Å². The molecule has 15 heavy (non-hydrogen) atoms. The molecule has 0 aromatic rings. The lowest BCUT2D eigenvalue weighted by molar-refractivity contribution is -0.137. The normalized spacial score (nSPS) is 14.3. The van der Waals surface area contributed by atoms with Crippen molar-refractivity contribution in [2.24, 2.45) is 11.7 Å². The molecule has 0 radical (unpaired) electrons. The van der Waals surface area contributed by atoms with Gasteiger partial charge in [-0.2, -0.15) is 0 Å². The summed E-state index contributed by atoms with van der Waals surface area (Å²) < 4.78 is 0.